The Morgan fingerprint density at radius 1 is 1.40 bits per heavy atom. The van der Waals surface area contributed by atoms with Crippen LogP contribution in [0.1, 0.15) is 24.4 Å². The Bertz CT molecular complexity index is 578. The molecule has 0 saturated carbocycles. The van der Waals surface area contributed by atoms with Crippen LogP contribution in [0, 0.1) is 11.3 Å². The smallest absolute Gasteiger partial charge is 0.305 e. The number of rotatable bonds is 7. The Morgan fingerprint density at radius 2 is 2.05 bits per heavy atom. The SMILES string of the molecule is COC(=O)CCCS(=O)(=O)NC(C#N)c1ccccc1. The zero-order valence-electron chi connectivity index (χ0n) is 11.1. The lowest BCUT2D eigenvalue weighted by molar-refractivity contribution is -0.140. The molecule has 0 spiro atoms. The van der Waals surface area contributed by atoms with Crippen molar-refractivity contribution in [1.29, 1.82) is 5.26 Å². The van der Waals surface area contributed by atoms with Gasteiger partial charge in [0.1, 0.15) is 6.04 Å². The molecule has 1 atom stereocenters. The van der Waals surface area contributed by atoms with Crippen LogP contribution in [0.15, 0.2) is 30.3 Å². The van der Waals surface area contributed by atoms with Crippen LogP contribution in [0.5, 0.6) is 0 Å². The molecule has 7 heteroatoms. The van der Waals surface area contributed by atoms with Crippen molar-refractivity contribution in [2.75, 3.05) is 12.9 Å². The quantitative estimate of drug-likeness (QED) is 0.761. The molecule has 0 fully saturated rings. The second-order valence-corrected chi connectivity index (χ2v) is 5.96. The van der Waals surface area contributed by atoms with E-state index in [1.807, 2.05) is 6.07 Å². The summed E-state index contributed by atoms with van der Waals surface area (Å²) in [5.41, 5.74) is 0.576. The molecule has 1 aromatic rings. The number of nitrogens with zero attached hydrogens (tertiary/aromatic N) is 1. The van der Waals surface area contributed by atoms with E-state index < -0.39 is 22.0 Å². The summed E-state index contributed by atoms with van der Waals surface area (Å²) >= 11 is 0. The van der Waals surface area contributed by atoms with Crippen LogP contribution in [-0.2, 0) is 19.6 Å². The van der Waals surface area contributed by atoms with Crippen molar-refractivity contribution in [3.8, 4) is 6.07 Å². The zero-order valence-corrected chi connectivity index (χ0v) is 11.9. The molecular weight excluding hydrogens is 280 g/mol. The van der Waals surface area contributed by atoms with Gasteiger partial charge in [-0.05, 0) is 12.0 Å². The fourth-order valence-electron chi connectivity index (χ4n) is 1.56. The Kier molecular flexibility index (Phi) is 6.15. The normalized spacial score (nSPS) is 12.4. The highest BCUT2D eigenvalue weighted by Gasteiger charge is 2.19. The van der Waals surface area contributed by atoms with E-state index in [-0.39, 0.29) is 18.6 Å². The molecule has 0 aliphatic carbocycles. The van der Waals surface area contributed by atoms with Gasteiger partial charge in [-0.25, -0.2) is 8.42 Å². The monoisotopic (exact) mass is 296 g/mol. The molecule has 0 aliphatic rings. The molecule has 0 heterocycles. The third-order valence-corrected chi connectivity index (χ3v) is 4.00. The van der Waals surface area contributed by atoms with Crippen molar-refractivity contribution < 1.29 is 17.9 Å². The Hall–Kier alpha value is -1.91. The average Bonchev–Trinajstić information content (AvgIpc) is 2.45. The van der Waals surface area contributed by atoms with Gasteiger partial charge in [0.15, 0.2) is 0 Å². The van der Waals surface area contributed by atoms with Crippen molar-refractivity contribution in [3.63, 3.8) is 0 Å². The number of ether oxygens (including phenoxy) is 1. The fourth-order valence-corrected chi connectivity index (χ4v) is 2.75. The van der Waals surface area contributed by atoms with Gasteiger partial charge < -0.3 is 4.74 Å². The Labute approximate surface area is 118 Å². The molecule has 1 unspecified atom stereocenters. The number of nitriles is 1. The predicted octanol–water partition coefficient (Wildman–Crippen LogP) is 1.12. The summed E-state index contributed by atoms with van der Waals surface area (Å²) in [6.07, 6.45) is 0.176. The van der Waals surface area contributed by atoms with Crippen LogP contribution in [-0.4, -0.2) is 27.2 Å². The summed E-state index contributed by atoms with van der Waals surface area (Å²) in [6, 6.07) is 9.55. The highest BCUT2D eigenvalue weighted by atomic mass is 32.2. The van der Waals surface area contributed by atoms with E-state index in [9.17, 15) is 13.2 Å². The number of hydrogen-bond acceptors (Lipinski definition) is 5. The fraction of sp³-hybridized carbons (Fsp3) is 0.385. The molecule has 0 aliphatic heterocycles. The number of methoxy groups -OCH3 is 1. The summed E-state index contributed by atoms with van der Waals surface area (Å²) in [4.78, 5) is 10.9. The molecule has 0 bridgehead atoms. The van der Waals surface area contributed by atoms with Crippen molar-refractivity contribution in [2.45, 2.75) is 18.9 Å². The van der Waals surface area contributed by atoms with Gasteiger partial charge in [-0.3, -0.25) is 4.79 Å². The highest BCUT2D eigenvalue weighted by molar-refractivity contribution is 7.89. The predicted molar refractivity (Wildman–Crippen MR) is 73.0 cm³/mol. The summed E-state index contributed by atoms with van der Waals surface area (Å²) in [6.45, 7) is 0. The van der Waals surface area contributed by atoms with Gasteiger partial charge in [0.2, 0.25) is 10.0 Å². The molecular formula is C13H16N2O4S. The lowest BCUT2D eigenvalue weighted by Gasteiger charge is -2.12. The van der Waals surface area contributed by atoms with Crippen LogP contribution in [0.4, 0.5) is 0 Å². The minimum atomic E-state index is -3.63. The first kappa shape index (κ1) is 16.1. The number of carbonyl (C=O) groups excluding carboxylic acids is 1. The minimum Gasteiger partial charge on any atom is -0.469 e. The third-order valence-electron chi connectivity index (χ3n) is 2.58. The Balaban J connectivity index is 2.61. The van der Waals surface area contributed by atoms with Gasteiger partial charge in [0, 0.05) is 6.42 Å². The molecule has 108 valence electrons. The maximum absolute atomic E-state index is 11.8. The first-order chi connectivity index (χ1) is 9.48. The molecule has 6 nitrogen and oxygen atoms in total. The van der Waals surface area contributed by atoms with Gasteiger partial charge in [-0.15, -0.1) is 0 Å². The molecule has 0 radical (unpaired) electrons. The molecule has 1 aromatic carbocycles. The van der Waals surface area contributed by atoms with Crippen molar-refractivity contribution in [2.24, 2.45) is 0 Å². The minimum absolute atomic E-state index is 0.0277. The van der Waals surface area contributed by atoms with Crippen molar-refractivity contribution >= 4 is 16.0 Å². The van der Waals surface area contributed by atoms with Crippen LogP contribution in [0.2, 0.25) is 0 Å². The maximum atomic E-state index is 11.8. The third kappa shape index (κ3) is 5.38. The second-order valence-electron chi connectivity index (χ2n) is 4.09. The summed E-state index contributed by atoms with van der Waals surface area (Å²) in [7, 11) is -2.38. The molecule has 0 amide bonds. The van der Waals surface area contributed by atoms with Crippen molar-refractivity contribution in [1.82, 2.24) is 4.72 Å². The van der Waals surface area contributed by atoms with Crippen LogP contribution < -0.4 is 4.72 Å². The van der Waals surface area contributed by atoms with E-state index in [4.69, 9.17) is 5.26 Å². The van der Waals surface area contributed by atoms with E-state index in [0.717, 1.165) is 0 Å². The van der Waals surface area contributed by atoms with Crippen molar-refractivity contribution in [3.05, 3.63) is 35.9 Å². The number of hydrogen-bond donors (Lipinski definition) is 1. The zero-order chi connectivity index (χ0) is 15.0. The van der Waals surface area contributed by atoms with E-state index in [1.165, 1.54) is 7.11 Å². The molecule has 1 N–H and O–H groups in total. The molecule has 20 heavy (non-hydrogen) atoms. The van der Waals surface area contributed by atoms with Gasteiger partial charge in [-0.1, -0.05) is 30.3 Å². The standard InChI is InChI=1S/C13H16N2O4S/c1-19-13(16)8-5-9-20(17,18)15-12(10-14)11-6-3-2-4-7-11/h2-4,6-7,12,15H,5,8-9H2,1H3. The first-order valence-electron chi connectivity index (χ1n) is 6.00. The van der Waals surface area contributed by atoms with E-state index >= 15 is 0 Å². The highest BCUT2D eigenvalue weighted by Crippen LogP contribution is 2.13. The number of benzene rings is 1. The number of carbonyl (C=O) groups is 1. The van der Waals surface area contributed by atoms with Crippen LogP contribution in [0.25, 0.3) is 0 Å². The Morgan fingerprint density at radius 3 is 2.60 bits per heavy atom. The van der Waals surface area contributed by atoms with E-state index in [2.05, 4.69) is 9.46 Å². The largest absolute Gasteiger partial charge is 0.469 e. The average molecular weight is 296 g/mol. The summed E-state index contributed by atoms with van der Waals surface area (Å²) in [5, 5.41) is 9.04. The molecule has 0 saturated heterocycles. The molecule has 0 aromatic heterocycles. The summed E-state index contributed by atoms with van der Waals surface area (Å²) in [5.74, 6) is -0.687. The lowest BCUT2D eigenvalue weighted by Crippen LogP contribution is -2.30. The van der Waals surface area contributed by atoms with E-state index in [0.29, 0.717) is 5.56 Å². The van der Waals surface area contributed by atoms with Gasteiger partial charge >= 0.3 is 5.97 Å². The lowest BCUT2D eigenvalue weighted by atomic mass is 10.1. The van der Waals surface area contributed by atoms with Crippen LogP contribution >= 0.6 is 0 Å². The number of nitrogens with one attached hydrogen (secondary N) is 1. The van der Waals surface area contributed by atoms with E-state index in [1.54, 1.807) is 30.3 Å². The summed E-state index contributed by atoms with van der Waals surface area (Å²) < 4.78 is 30.4. The van der Waals surface area contributed by atoms with Crippen LogP contribution in [0.3, 0.4) is 0 Å². The number of esters is 1. The maximum Gasteiger partial charge on any atom is 0.305 e. The first-order valence-corrected chi connectivity index (χ1v) is 7.65. The molecule has 1 rings (SSSR count). The van der Waals surface area contributed by atoms with Gasteiger partial charge in [0.05, 0.1) is 18.9 Å². The number of sulfonamides is 1. The van der Waals surface area contributed by atoms with Gasteiger partial charge in [-0.2, -0.15) is 9.98 Å². The second kappa shape index (κ2) is 7.62. The topological polar surface area (TPSA) is 96.3 Å². The van der Waals surface area contributed by atoms with Gasteiger partial charge in [0.25, 0.3) is 0 Å².